The first-order valence-corrected chi connectivity index (χ1v) is 4.37. The zero-order valence-electron chi connectivity index (χ0n) is 7.09. The summed E-state index contributed by atoms with van der Waals surface area (Å²) in [7, 11) is 0. The van der Waals surface area contributed by atoms with Crippen LogP contribution >= 0.6 is 23.2 Å². The maximum atomic E-state index is 8.06. The highest BCUT2D eigenvalue weighted by Crippen LogP contribution is 2.19. The minimum atomic E-state index is -0.167. The molecule has 68 valence electrons. The Hall–Kier alpha value is -0.240. The van der Waals surface area contributed by atoms with Gasteiger partial charge in [0.2, 0.25) is 0 Å². The van der Waals surface area contributed by atoms with Crippen molar-refractivity contribution in [2.45, 2.75) is 20.0 Å². The van der Waals surface area contributed by atoms with Crippen LogP contribution in [0, 0.1) is 0 Å². The number of halogens is 2. The molecule has 0 spiro atoms. The van der Waals surface area contributed by atoms with Crippen molar-refractivity contribution in [1.29, 1.82) is 0 Å². The Balaban J connectivity index is 0.000000261. The zero-order valence-corrected chi connectivity index (χ0v) is 8.60. The molecule has 1 aromatic rings. The van der Waals surface area contributed by atoms with Gasteiger partial charge in [-0.05, 0) is 26.0 Å². The Morgan fingerprint density at radius 3 is 1.50 bits per heavy atom. The number of hydrogen-bond acceptors (Lipinski definition) is 1. The Morgan fingerprint density at radius 2 is 1.33 bits per heavy atom. The van der Waals surface area contributed by atoms with Crippen LogP contribution in [0.15, 0.2) is 24.3 Å². The van der Waals surface area contributed by atoms with Crippen molar-refractivity contribution in [3.63, 3.8) is 0 Å². The molecule has 3 heteroatoms. The van der Waals surface area contributed by atoms with E-state index in [0.29, 0.717) is 10.0 Å². The molecule has 1 nitrogen and oxygen atoms in total. The molecule has 0 aliphatic rings. The van der Waals surface area contributed by atoms with Crippen LogP contribution in [0.5, 0.6) is 0 Å². The van der Waals surface area contributed by atoms with Gasteiger partial charge in [-0.2, -0.15) is 0 Å². The second-order valence-electron chi connectivity index (χ2n) is 2.51. The van der Waals surface area contributed by atoms with Crippen molar-refractivity contribution in [1.82, 2.24) is 0 Å². The SMILES string of the molecule is CC(C)O.Clc1ccccc1Cl. The highest BCUT2D eigenvalue weighted by molar-refractivity contribution is 6.41. The molecule has 0 bridgehead atoms. The highest BCUT2D eigenvalue weighted by Gasteiger charge is 1.89. The summed E-state index contributed by atoms with van der Waals surface area (Å²) in [6.45, 7) is 3.44. The van der Waals surface area contributed by atoms with Crippen molar-refractivity contribution in [2.75, 3.05) is 0 Å². The Labute approximate surface area is 82.9 Å². The third-order valence-corrected chi connectivity index (χ3v) is 1.58. The molecule has 0 unspecified atom stereocenters. The highest BCUT2D eigenvalue weighted by atomic mass is 35.5. The van der Waals surface area contributed by atoms with E-state index in [1.165, 1.54) is 0 Å². The monoisotopic (exact) mass is 206 g/mol. The third kappa shape index (κ3) is 6.47. The van der Waals surface area contributed by atoms with Crippen molar-refractivity contribution in [2.24, 2.45) is 0 Å². The Kier molecular flexibility index (Phi) is 6.17. The maximum Gasteiger partial charge on any atom is 0.0592 e. The Bertz CT molecular complexity index is 200. The van der Waals surface area contributed by atoms with Crippen LogP contribution in [0.25, 0.3) is 0 Å². The van der Waals surface area contributed by atoms with Gasteiger partial charge in [0.1, 0.15) is 0 Å². The Morgan fingerprint density at radius 1 is 1.08 bits per heavy atom. The predicted molar refractivity (Wildman–Crippen MR) is 53.8 cm³/mol. The van der Waals surface area contributed by atoms with Gasteiger partial charge in [-0.25, -0.2) is 0 Å². The fourth-order valence-corrected chi connectivity index (χ4v) is 0.711. The van der Waals surface area contributed by atoms with E-state index >= 15 is 0 Å². The molecule has 0 radical (unpaired) electrons. The van der Waals surface area contributed by atoms with E-state index < -0.39 is 0 Å². The first-order valence-electron chi connectivity index (χ1n) is 3.62. The van der Waals surface area contributed by atoms with Crippen LogP contribution in [0.4, 0.5) is 0 Å². The van der Waals surface area contributed by atoms with Crippen LogP contribution in [-0.4, -0.2) is 11.2 Å². The van der Waals surface area contributed by atoms with Gasteiger partial charge in [0.15, 0.2) is 0 Å². The lowest BCUT2D eigenvalue weighted by atomic mass is 10.4. The third-order valence-electron chi connectivity index (χ3n) is 0.824. The minimum Gasteiger partial charge on any atom is -0.394 e. The summed E-state index contributed by atoms with van der Waals surface area (Å²) < 4.78 is 0. The second kappa shape index (κ2) is 6.30. The van der Waals surface area contributed by atoms with E-state index in [9.17, 15) is 0 Å². The zero-order chi connectivity index (χ0) is 9.56. The molecule has 0 aliphatic heterocycles. The number of benzene rings is 1. The van der Waals surface area contributed by atoms with Gasteiger partial charge in [0.25, 0.3) is 0 Å². The summed E-state index contributed by atoms with van der Waals surface area (Å²) in [6, 6.07) is 7.19. The molecular weight excluding hydrogens is 195 g/mol. The molecule has 0 amide bonds. The summed E-state index contributed by atoms with van der Waals surface area (Å²) in [6.07, 6.45) is -0.167. The number of aliphatic hydroxyl groups is 1. The van der Waals surface area contributed by atoms with E-state index in [4.69, 9.17) is 28.3 Å². The van der Waals surface area contributed by atoms with E-state index in [0.717, 1.165) is 0 Å². The van der Waals surface area contributed by atoms with Crippen molar-refractivity contribution < 1.29 is 5.11 Å². The van der Waals surface area contributed by atoms with E-state index in [-0.39, 0.29) is 6.10 Å². The molecule has 1 rings (SSSR count). The molecule has 12 heavy (non-hydrogen) atoms. The number of rotatable bonds is 0. The van der Waals surface area contributed by atoms with E-state index in [1.54, 1.807) is 26.0 Å². The average molecular weight is 207 g/mol. The molecule has 1 N–H and O–H groups in total. The fourth-order valence-electron chi connectivity index (χ4n) is 0.439. The van der Waals surface area contributed by atoms with Crippen molar-refractivity contribution in [3.8, 4) is 0 Å². The molecular formula is C9H12Cl2O. The molecule has 0 fully saturated rings. The summed E-state index contributed by atoms with van der Waals surface area (Å²) in [5, 5.41) is 9.27. The van der Waals surface area contributed by atoms with Crippen molar-refractivity contribution in [3.05, 3.63) is 34.3 Å². The van der Waals surface area contributed by atoms with E-state index in [1.807, 2.05) is 12.1 Å². The minimum absolute atomic E-state index is 0.167. The largest absolute Gasteiger partial charge is 0.394 e. The van der Waals surface area contributed by atoms with Gasteiger partial charge in [-0.3, -0.25) is 0 Å². The van der Waals surface area contributed by atoms with Gasteiger partial charge in [0, 0.05) is 6.10 Å². The van der Waals surface area contributed by atoms with Gasteiger partial charge < -0.3 is 5.11 Å². The van der Waals surface area contributed by atoms with Gasteiger partial charge >= 0.3 is 0 Å². The summed E-state index contributed by atoms with van der Waals surface area (Å²) in [5.41, 5.74) is 0. The van der Waals surface area contributed by atoms with Crippen LogP contribution < -0.4 is 0 Å². The number of aliphatic hydroxyl groups excluding tert-OH is 1. The second-order valence-corrected chi connectivity index (χ2v) is 3.32. The smallest absolute Gasteiger partial charge is 0.0592 e. The van der Waals surface area contributed by atoms with Crippen LogP contribution in [0.2, 0.25) is 10.0 Å². The van der Waals surface area contributed by atoms with E-state index in [2.05, 4.69) is 0 Å². The molecule has 1 aromatic carbocycles. The lowest BCUT2D eigenvalue weighted by Gasteiger charge is -1.88. The lowest BCUT2D eigenvalue weighted by Crippen LogP contribution is -1.85. The lowest BCUT2D eigenvalue weighted by molar-refractivity contribution is 0.216. The van der Waals surface area contributed by atoms with Gasteiger partial charge in [-0.15, -0.1) is 0 Å². The topological polar surface area (TPSA) is 20.2 Å². The summed E-state index contributed by atoms with van der Waals surface area (Å²) >= 11 is 11.2. The van der Waals surface area contributed by atoms with Crippen LogP contribution in [0.3, 0.4) is 0 Å². The normalized spacial score (nSPS) is 9.17. The quantitative estimate of drug-likeness (QED) is 0.691. The number of hydrogen-bond donors (Lipinski definition) is 1. The molecule has 0 aromatic heterocycles. The molecule has 0 heterocycles. The molecule has 0 atom stereocenters. The first-order chi connectivity index (χ1) is 5.54. The summed E-state index contributed by atoms with van der Waals surface area (Å²) in [4.78, 5) is 0. The molecule has 0 saturated heterocycles. The van der Waals surface area contributed by atoms with Gasteiger partial charge in [-0.1, -0.05) is 35.3 Å². The first kappa shape index (κ1) is 11.8. The van der Waals surface area contributed by atoms with Crippen LogP contribution in [-0.2, 0) is 0 Å². The molecule has 0 saturated carbocycles. The van der Waals surface area contributed by atoms with Crippen molar-refractivity contribution >= 4 is 23.2 Å². The standard InChI is InChI=1S/C6H4Cl2.C3H8O/c7-5-3-1-2-4-6(5)8;1-3(2)4/h1-4H;3-4H,1-2H3. The maximum absolute atomic E-state index is 8.06. The fraction of sp³-hybridized carbons (Fsp3) is 0.333. The predicted octanol–water partition coefficient (Wildman–Crippen LogP) is 3.38. The molecule has 0 aliphatic carbocycles. The summed E-state index contributed by atoms with van der Waals surface area (Å²) in [5.74, 6) is 0. The van der Waals surface area contributed by atoms with Gasteiger partial charge in [0.05, 0.1) is 10.0 Å². The average Bonchev–Trinajstić information content (AvgIpc) is 1.94. The van der Waals surface area contributed by atoms with Crippen LogP contribution in [0.1, 0.15) is 13.8 Å².